The van der Waals surface area contributed by atoms with Crippen LogP contribution < -0.4 is 33.9 Å². The van der Waals surface area contributed by atoms with Crippen LogP contribution in [0.4, 0.5) is 84.7 Å². The number of carbonyl (C=O) groups is 3. The molecule has 3 aromatic carbocycles. The number of carboxylic acid groups (broad SMARTS) is 1. The topological polar surface area (TPSA) is 144 Å². The van der Waals surface area contributed by atoms with Gasteiger partial charge in [-0.3, -0.25) is 18.6 Å². The van der Waals surface area contributed by atoms with Gasteiger partial charge in [0.25, 0.3) is 0 Å². The van der Waals surface area contributed by atoms with Crippen molar-refractivity contribution < 1.29 is 136 Å². The Labute approximate surface area is 422 Å². The molecule has 4 aromatic rings. The SMILES string of the molecule is CN1CCCC(N(c2cnn(C)c2)S(=O)(=O)[N-]C(=O)Cc2cc(C(F)(F)F)cc(C(F)(F)F)c2)C1.O=C(Cl)Cc1cc(C(F)(F)F)cc(C(F)(F)F)c1.O=C(O)Cc1cc(C(F)(F)F)cc(C(F)(F)F)c1.[Na+]. The van der Waals surface area contributed by atoms with Crippen LogP contribution in [0.2, 0.25) is 0 Å². The number of piperidine rings is 1. The molecule has 0 spiro atoms. The number of likely N-dealkylation sites (N-methyl/N-ethyl adjacent to an activating group) is 1. The van der Waals surface area contributed by atoms with Crippen molar-refractivity contribution in [3.63, 3.8) is 0 Å². The average Bonchev–Trinajstić information content (AvgIpc) is 3.60. The van der Waals surface area contributed by atoms with E-state index >= 15 is 0 Å². The molecule has 1 aliphatic rings. The second-order valence-electron chi connectivity index (χ2n) is 15.2. The summed E-state index contributed by atoms with van der Waals surface area (Å²) in [5.74, 6) is -2.92. The van der Waals surface area contributed by atoms with Gasteiger partial charge in [-0.25, -0.2) is 8.42 Å². The second-order valence-corrected chi connectivity index (χ2v) is 17.1. The van der Waals surface area contributed by atoms with Crippen molar-refractivity contribution in [2.24, 2.45) is 7.05 Å². The van der Waals surface area contributed by atoms with Gasteiger partial charge >= 0.3 is 72.6 Å². The fourth-order valence-corrected chi connectivity index (χ4v) is 7.94. The van der Waals surface area contributed by atoms with Gasteiger partial charge in [-0.15, -0.1) is 0 Å². The van der Waals surface area contributed by atoms with Crippen LogP contribution in [0.5, 0.6) is 0 Å². The van der Waals surface area contributed by atoms with Gasteiger partial charge in [-0.1, -0.05) is 0 Å². The zero-order valence-electron chi connectivity index (χ0n) is 36.7. The van der Waals surface area contributed by atoms with E-state index in [-0.39, 0.29) is 53.4 Å². The largest absolute Gasteiger partial charge is 1.00 e. The third-order valence-electron chi connectivity index (χ3n) is 9.34. The summed E-state index contributed by atoms with van der Waals surface area (Å²) in [5, 5.41) is 11.3. The summed E-state index contributed by atoms with van der Waals surface area (Å²) in [5.41, 5.74) is -10.7. The normalized spacial score (nSPS) is 15.0. The fourth-order valence-electron chi connectivity index (χ4n) is 6.46. The smallest absolute Gasteiger partial charge is 0.528 e. The zero-order valence-corrected chi connectivity index (χ0v) is 40.3. The number of benzene rings is 3. The monoisotopic (exact) mass is 1110 g/mol. The van der Waals surface area contributed by atoms with Gasteiger partial charge in [-0.05, 0) is 109 Å². The number of amides is 1. The molecule has 0 radical (unpaired) electrons. The Morgan fingerprint density at radius 3 is 1.28 bits per heavy atom. The van der Waals surface area contributed by atoms with E-state index in [1.54, 1.807) is 14.1 Å². The number of aliphatic carboxylic acids is 1. The van der Waals surface area contributed by atoms with E-state index in [2.05, 4.69) is 9.82 Å². The Morgan fingerprint density at radius 2 is 0.986 bits per heavy atom. The number of carboxylic acids is 1. The van der Waals surface area contributed by atoms with E-state index in [0.29, 0.717) is 55.8 Å². The molecule has 1 fully saturated rings. The molecule has 1 aliphatic heterocycles. The summed E-state index contributed by atoms with van der Waals surface area (Å²) in [4.78, 5) is 35.2. The van der Waals surface area contributed by atoms with Gasteiger partial charge in [0, 0.05) is 32.6 Å². The molecule has 1 unspecified atom stereocenters. The van der Waals surface area contributed by atoms with E-state index in [1.165, 1.54) is 17.1 Å². The molecular formula is C40H33ClF18N5NaO6S. The van der Waals surface area contributed by atoms with Gasteiger partial charge in [0.1, 0.15) is 0 Å². The van der Waals surface area contributed by atoms with Crippen LogP contribution in [0, 0.1) is 0 Å². The first-order chi connectivity index (χ1) is 32.1. The minimum atomic E-state index is -5.10. The Morgan fingerprint density at radius 1 is 0.639 bits per heavy atom. The van der Waals surface area contributed by atoms with Crippen LogP contribution in [0.1, 0.15) is 62.9 Å². The molecule has 72 heavy (non-hydrogen) atoms. The minimum Gasteiger partial charge on any atom is -0.528 e. The minimum absolute atomic E-state index is 0. The van der Waals surface area contributed by atoms with E-state index in [4.69, 9.17) is 16.7 Å². The van der Waals surface area contributed by atoms with Crippen LogP contribution >= 0.6 is 11.6 Å². The Balaban J connectivity index is 0.000000406. The van der Waals surface area contributed by atoms with E-state index in [1.807, 2.05) is 4.90 Å². The van der Waals surface area contributed by atoms with Crippen molar-refractivity contribution in [2.45, 2.75) is 75.2 Å². The number of hydrogen-bond donors (Lipinski definition) is 1. The van der Waals surface area contributed by atoms with Crippen molar-refractivity contribution in [3.05, 3.63) is 122 Å². The van der Waals surface area contributed by atoms with Crippen LogP contribution in [-0.2, 0) is 88.0 Å². The summed E-state index contributed by atoms with van der Waals surface area (Å²) >= 11 is 4.94. The molecule has 0 bridgehead atoms. The first-order valence-corrected chi connectivity index (χ1v) is 21.1. The van der Waals surface area contributed by atoms with Crippen molar-refractivity contribution in [2.75, 3.05) is 24.4 Å². The predicted molar refractivity (Wildman–Crippen MR) is 212 cm³/mol. The number of likely N-dealkylation sites (tertiary alicyclic amines) is 1. The third kappa shape index (κ3) is 19.6. The Kier molecular flexibility index (Phi) is 21.2. The molecule has 1 atom stereocenters. The standard InChI is InChI=1S/C20H23F6N5O3S.C10H5ClF6O.C10H6F6O2.Na/c1-29-5-3-4-16(11-29)31(17-10-27-30(2)12-17)35(33,34)28-18(32)8-13-6-14(19(21,22)23)9-15(7-13)20(24,25)26;11-8(18)3-5-1-6(9(12,13)14)4-7(2-5)10(15,16)17;11-9(12,13)6-1-5(3-8(17)18)2-7(4-6)10(14,15)16;/h6-7,9-10,12,16H,3-5,8,11H2,1-2H3,(H,28,32);1-2,4H,3H2;1-2,4H,3H2,(H,17,18);/q;;;+1/p-1. The molecule has 1 saturated heterocycles. The van der Waals surface area contributed by atoms with Crippen molar-refractivity contribution in [1.82, 2.24) is 14.7 Å². The number of carbonyl (C=O) groups excluding carboxylic acids is 2. The second kappa shape index (κ2) is 24.1. The van der Waals surface area contributed by atoms with Crippen LogP contribution in [0.25, 0.3) is 4.72 Å². The number of alkyl halides is 18. The summed E-state index contributed by atoms with van der Waals surface area (Å²) in [6.45, 7) is 1.05. The van der Waals surface area contributed by atoms with Gasteiger partial charge in [-0.2, -0.15) is 84.1 Å². The molecule has 1 amide bonds. The average molecular weight is 1110 g/mol. The number of hydrogen-bond acceptors (Lipinski definition) is 7. The quantitative estimate of drug-likeness (QED) is 0.0953. The molecule has 5 rings (SSSR count). The van der Waals surface area contributed by atoms with Crippen LogP contribution in [0.15, 0.2) is 67.0 Å². The van der Waals surface area contributed by atoms with Gasteiger partial charge < -0.3 is 19.5 Å². The Bertz CT molecular complexity index is 2470. The van der Waals surface area contributed by atoms with E-state index in [9.17, 15) is 102 Å². The van der Waals surface area contributed by atoms with Crippen molar-refractivity contribution in [1.29, 1.82) is 0 Å². The van der Waals surface area contributed by atoms with Crippen LogP contribution in [-0.4, -0.2) is 71.5 Å². The Hall–Kier alpha value is -4.78. The number of nitrogens with zero attached hydrogens (tertiary/aromatic N) is 5. The maximum Gasteiger partial charge on any atom is 1.00 e. The molecule has 394 valence electrons. The zero-order chi connectivity index (χ0) is 54.5. The van der Waals surface area contributed by atoms with E-state index in [0.717, 1.165) is 10.8 Å². The number of rotatable bonds is 10. The van der Waals surface area contributed by atoms with E-state index < -0.39 is 140 Å². The summed E-state index contributed by atoms with van der Waals surface area (Å²) < 4.78 is 259. The predicted octanol–water partition coefficient (Wildman–Crippen LogP) is 8.13. The first-order valence-electron chi connectivity index (χ1n) is 19.3. The summed E-state index contributed by atoms with van der Waals surface area (Å²) in [6, 6.07) is 1.70. The molecule has 0 aliphatic carbocycles. The number of halogens is 19. The molecular weight excluding hydrogens is 1080 g/mol. The molecule has 2 heterocycles. The van der Waals surface area contributed by atoms with Crippen LogP contribution in [0.3, 0.4) is 0 Å². The molecule has 11 nitrogen and oxygen atoms in total. The van der Waals surface area contributed by atoms with Crippen molar-refractivity contribution in [3.8, 4) is 0 Å². The van der Waals surface area contributed by atoms with Gasteiger partial charge in [0.2, 0.25) is 5.24 Å². The molecule has 0 saturated carbocycles. The summed E-state index contributed by atoms with van der Waals surface area (Å²) in [7, 11) is -1.36. The summed E-state index contributed by atoms with van der Waals surface area (Å²) in [6.07, 6.45) is -28.9. The number of aromatic nitrogens is 2. The molecule has 1 aromatic heterocycles. The van der Waals surface area contributed by atoms with Gasteiger partial charge in [0.05, 0.1) is 63.6 Å². The molecule has 32 heteroatoms. The first kappa shape index (κ1) is 63.3. The van der Waals surface area contributed by atoms with Gasteiger partial charge in [0.15, 0.2) is 10.2 Å². The number of aryl methyl sites for hydroxylation is 1. The van der Waals surface area contributed by atoms with Crippen molar-refractivity contribution >= 4 is 44.6 Å². The third-order valence-corrected chi connectivity index (χ3v) is 10.9. The number of anilines is 1. The fraction of sp³-hybridized carbons (Fsp3) is 0.400. The molecule has 1 N–H and O–H groups in total. The maximum absolute atomic E-state index is 13.1. The maximum atomic E-state index is 13.1.